The maximum Gasteiger partial charge on any atom is 0.328 e. The second kappa shape index (κ2) is 5.07. The zero-order valence-electron chi connectivity index (χ0n) is 10.8. The van der Waals surface area contributed by atoms with Gasteiger partial charge < -0.3 is 20.6 Å². The maximum atomic E-state index is 11.7. The molecule has 1 atom stereocenters. The molecule has 0 spiro atoms. The zero-order chi connectivity index (χ0) is 14.0. The normalized spacial score (nSPS) is 19.8. The van der Waals surface area contributed by atoms with Crippen LogP contribution in [0.2, 0.25) is 0 Å². The van der Waals surface area contributed by atoms with Gasteiger partial charge in [-0.2, -0.15) is 0 Å². The summed E-state index contributed by atoms with van der Waals surface area (Å²) in [5.74, 6) is -1.28. The smallest absolute Gasteiger partial charge is 0.328 e. The molecule has 0 radical (unpaired) electrons. The number of nitrogens with zero attached hydrogens (tertiary/aromatic N) is 1. The van der Waals surface area contributed by atoms with Crippen molar-refractivity contribution in [2.75, 3.05) is 26.2 Å². The van der Waals surface area contributed by atoms with E-state index in [0.29, 0.717) is 31.7 Å². The molecule has 1 aliphatic rings. The molecule has 1 unspecified atom stereocenters. The van der Waals surface area contributed by atoms with Crippen molar-refractivity contribution in [1.82, 2.24) is 10.2 Å². The number of rotatable bonds is 3. The molecular weight excluding hydrogens is 248 g/mol. The quantitative estimate of drug-likeness (QED) is 0.629. The Hall–Kier alpha value is -1.79. The maximum absolute atomic E-state index is 11.7. The Bertz CT molecular complexity index is 465. The minimum Gasteiger partial charge on any atom is -0.508 e. The van der Waals surface area contributed by atoms with Gasteiger partial charge in [-0.25, -0.2) is 4.79 Å². The third-order valence-electron chi connectivity index (χ3n) is 3.63. The molecule has 1 saturated heterocycles. The molecule has 104 valence electrons. The molecule has 1 aromatic carbocycles. The lowest BCUT2D eigenvalue weighted by molar-refractivity contribution is -0.151. The molecule has 1 aliphatic heterocycles. The van der Waals surface area contributed by atoms with Crippen LogP contribution in [0.5, 0.6) is 11.5 Å². The molecule has 6 nitrogen and oxygen atoms in total. The van der Waals surface area contributed by atoms with Crippen LogP contribution >= 0.6 is 0 Å². The predicted molar refractivity (Wildman–Crippen MR) is 69.2 cm³/mol. The van der Waals surface area contributed by atoms with Crippen LogP contribution in [0.4, 0.5) is 0 Å². The lowest BCUT2D eigenvalue weighted by atomic mass is 9.89. The van der Waals surface area contributed by atoms with Crippen molar-refractivity contribution in [3.8, 4) is 11.5 Å². The van der Waals surface area contributed by atoms with Gasteiger partial charge in [-0.3, -0.25) is 4.90 Å². The van der Waals surface area contributed by atoms with E-state index in [2.05, 4.69) is 5.32 Å². The minimum atomic E-state index is -1.27. The molecule has 2 rings (SSSR count). The highest BCUT2D eigenvalue weighted by atomic mass is 16.4. The standard InChI is InChI=1S/C13H18N2O4/c1-13(12(18)19,15-4-2-14-3-5-15)9-6-10(16)8-11(17)7-9/h6-8,14,16-17H,2-5H2,1H3,(H,18,19). The Morgan fingerprint density at radius 1 is 1.21 bits per heavy atom. The van der Waals surface area contributed by atoms with Gasteiger partial charge in [0, 0.05) is 32.2 Å². The van der Waals surface area contributed by atoms with E-state index in [1.54, 1.807) is 6.92 Å². The van der Waals surface area contributed by atoms with Crippen molar-refractivity contribution in [2.45, 2.75) is 12.5 Å². The summed E-state index contributed by atoms with van der Waals surface area (Å²) in [6.45, 7) is 4.22. The molecule has 1 heterocycles. The summed E-state index contributed by atoms with van der Waals surface area (Å²) in [6, 6.07) is 3.95. The van der Waals surface area contributed by atoms with Gasteiger partial charge in [-0.1, -0.05) is 0 Å². The lowest BCUT2D eigenvalue weighted by Gasteiger charge is -2.40. The second-order valence-corrected chi connectivity index (χ2v) is 4.85. The fourth-order valence-corrected chi connectivity index (χ4v) is 2.43. The van der Waals surface area contributed by atoms with Gasteiger partial charge in [0.2, 0.25) is 0 Å². The number of aromatic hydroxyl groups is 2. The Labute approximate surface area is 111 Å². The molecule has 19 heavy (non-hydrogen) atoms. The predicted octanol–water partition coefficient (Wildman–Crippen LogP) is 0.303. The number of nitrogens with one attached hydrogen (secondary N) is 1. The van der Waals surface area contributed by atoms with E-state index < -0.39 is 11.5 Å². The Morgan fingerprint density at radius 2 is 1.74 bits per heavy atom. The summed E-state index contributed by atoms with van der Waals surface area (Å²) in [5.41, 5.74) is -0.891. The first-order valence-electron chi connectivity index (χ1n) is 6.17. The van der Waals surface area contributed by atoms with Crippen LogP contribution in [0.15, 0.2) is 18.2 Å². The molecule has 0 aromatic heterocycles. The SMILES string of the molecule is CC(C(=O)O)(c1cc(O)cc(O)c1)N1CCNCC1. The van der Waals surface area contributed by atoms with Gasteiger partial charge >= 0.3 is 5.97 Å². The first kappa shape index (κ1) is 13.6. The Kier molecular flexibility index (Phi) is 3.64. The summed E-state index contributed by atoms with van der Waals surface area (Å²) in [6.07, 6.45) is 0. The number of piperazine rings is 1. The molecule has 1 fully saturated rings. The van der Waals surface area contributed by atoms with Crippen molar-refractivity contribution in [1.29, 1.82) is 0 Å². The summed E-state index contributed by atoms with van der Waals surface area (Å²) >= 11 is 0. The first-order chi connectivity index (χ1) is 8.94. The average Bonchev–Trinajstić information content (AvgIpc) is 2.37. The van der Waals surface area contributed by atoms with E-state index >= 15 is 0 Å². The summed E-state index contributed by atoms with van der Waals surface area (Å²) < 4.78 is 0. The number of hydrogen-bond donors (Lipinski definition) is 4. The molecular formula is C13H18N2O4. The highest BCUT2D eigenvalue weighted by Crippen LogP contribution is 2.33. The highest BCUT2D eigenvalue weighted by Gasteiger charge is 2.42. The van der Waals surface area contributed by atoms with Gasteiger partial charge in [0.15, 0.2) is 0 Å². The Balaban J connectivity index is 2.45. The van der Waals surface area contributed by atoms with Gasteiger partial charge in [-0.15, -0.1) is 0 Å². The number of benzene rings is 1. The monoisotopic (exact) mass is 266 g/mol. The zero-order valence-corrected chi connectivity index (χ0v) is 10.8. The van der Waals surface area contributed by atoms with Crippen LogP contribution in [0, 0.1) is 0 Å². The molecule has 0 bridgehead atoms. The third kappa shape index (κ3) is 2.50. The number of phenolic OH excluding ortho intramolecular Hbond substituents is 2. The number of carboxylic acid groups (broad SMARTS) is 1. The molecule has 0 amide bonds. The van der Waals surface area contributed by atoms with Crippen molar-refractivity contribution in [3.05, 3.63) is 23.8 Å². The largest absolute Gasteiger partial charge is 0.508 e. The van der Waals surface area contributed by atoms with Crippen molar-refractivity contribution < 1.29 is 20.1 Å². The highest BCUT2D eigenvalue weighted by molar-refractivity contribution is 5.80. The first-order valence-corrected chi connectivity index (χ1v) is 6.17. The molecule has 6 heteroatoms. The van der Waals surface area contributed by atoms with E-state index in [1.807, 2.05) is 4.90 Å². The van der Waals surface area contributed by atoms with Crippen LogP contribution in [0.3, 0.4) is 0 Å². The van der Waals surface area contributed by atoms with Crippen LogP contribution in [-0.4, -0.2) is 52.4 Å². The van der Waals surface area contributed by atoms with Gasteiger partial charge in [0.1, 0.15) is 17.0 Å². The van der Waals surface area contributed by atoms with Crippen molar-refractivity contribution >= 4 is 5.97 Å². The Morgan fingerprint density at radius 3 is 2.21 bits per heavy atom. The lowest BCUT2D eigenvalue weighted by Crippen LogP contribution is -2.56. The van der Waals surface area contributed by atoms with Crippen LogP contribution < -0.4 is 5.32 Å². The molecule has 1 aromatic rings. The third-order valence-corrected chi connectivity index (χ3v) is 3.63. The fraction of sp³-hybridized carbons (Fsp3) is 0.462. The minimum absolute atomic E-state index is 0.141. The summed E-state index contributed by atoms with van der Waals surface area (Å²) in [7, 11) is 0. The van der Waals surface area contributed by atoms with Crippen molar-refractivity contribution in [2.24, 2.45) is 0 Å². The number of phenols is 2. The van der Waals surface area contributed by atoms with Gasteiger partial charge in [0.25, 0.3) is 0 Å². The van der Waals surface area contributed by atoms with E-state index in [0.717, 1.165) is 0 Å². The topological polar surface area (TPSA) is 93.0 Å². The summed E-state index contributed by atoms with van der Waals surface area (Å²) in [5, 5.41) is 31.9. The van der Waals surface area contributed by atoms with E-state index in [-0.39, 0.29) is 11.5 Å². The van der Waals surface area contributed by atoms with Gasteiger partial charge in [0.05, 0.1) is 0 Å². The molecule has 0 saturated carbocycles. The number of hydrogen-bond acceptors (Lipinski definition) is 5. The van der Waals surface area contributed by atoms with Crippen LogP contribution in [-0.2, 0) is 10.3 Å². The van der Waals surface area contributed by atoms with E-state index in [4.69, 9.17) is 0 Å². The summed E-state index contributed by atoms with van der Waals surface area (Å²) in [4.78, 5) is 13.6. The average molecular weight is 266 g/mol. The van der Waals surface area contributed by atoms with E-state index in [9.17, 15) is 20.1 Å². The van der Waals surface area contributed by atoms with Crippen LogP contribution in [0.25, 0.3) is 0 Å². The number of carbonyl (C=O) groups is 1. The number of aliphatic carboxylic acids is 1. The second-order valence-electron chi connectivity index (χ2n) is 4.85. The van der Waals surface area contributed by atoms with Gasteiger partial charge in [-0.05, 0) is 24.6 Å². The number of carboxylic acids is 1. The van der Waals surface area contributed by atoms with Crippen molar-refractivity contribution in [3.63, 3.8) is 0 Å². The van der Waals surface area contributed by atoms with E-state index in [1.165, 1.54) is 18.2 Å². The molecule has 4 N–H and O–H groups in total. The fourth-order valence-electron chi connectivity index (χ4n) is 2.43. The molecule has 0 aliphatic carbocycles. The van der Waals surface area contributed by atoms with Crippen LogP contribution in [0.1, 0.15) is 12.5 Å².